The van der Waals surface area contributed by atoms with Crippen LogP contribution in [0.3, 0.4) is 0 Å². The molecule has 1 aromatic carbocycles. The summed E-state index contributed by atoms with van der Waals surface area (Å²) in [5.41, 5.74) is 1.70. The Kier molecular flexibility index (Phi) is 2.77. The maximum Gasteiger partial charge on any atom is 0.191 e. The second-order valence-electron chi connectivity index (χ2n) is 3.10. The van der Waals surface area contributed by atoms with E-state index in [0.717, 1.165) is 21.5 Å². The smallest absolute Gasteiger partial charge is 0.191 e. The summed E-state index contributed by atoms with van der Waals surface area (Å²) >= 11 is 3.42. The summed E-state index contributed by atoms with van der Waals surface area (Å²) in [6.45, 7) is 1.81. The minimum atomic E-state index is 0.645. The van der Waals surface area contributed by atoms with Gasteiger partial charge in [0.1, 0.15) is 17.7 Å². The number of hydrogen-bond acceptors (Lipinski definition) is 3. The van der Waals surface area contributed by atoms with Gasteiger partial charge in [0.15, 0.2) is 5.89 Å². The highest BCUT2D eigenvalue weighted by Gasteiger charge is 2.09. The number of oxazole rings is 1. The van der Waals surface area contributed by atoms with E-state index in [1.165, 1.54) is 0 Å². The number of aromatic nitrogens is 1. The quantitative estimate of drug-likeness (QED) is 0.837. The van der Waals surface area contributed by atoms with Crippen LogP contribution in [0.25, 0.3) is 11.3 Å². The zero-order valence-electron chi connectivity index (χ0n) is 8.45. The third-order valence-corrected chi connectivity index (χ3v) is 2.55. The molecule has 1 aromatic heterocycles. The van der Waals surface area contributed by atoms with E-state index < -0.39 is 0 Å². The first-order chi connectivity index (χ1) is 7.20. The summed E-state index contributed by atoms with van der Waals surface area (Å²) in [4.78, 5) is 4.26. The van der Waals surface area contributed by atoms with Crippen LogP contribution in [0.5, 0.6) is 5.75 Å². The van der Waals surface area contributed by atoms with Crippen LogP contribution in [0.1, 0.15) is 5.89 Å². The number of nitrogens with zero attached hydrogens (tertiary/aromatic N) is 1. The number of methoxy groups -OCH3 is 1. The number of hydrogen-bond donors (Lipinski definition) is 0. The molecule has 78 valence electrons. The molecule has 0 aliphatic carbocycles. The van der Waals surface area contributed by atoms with Crippen LogP contribution >= 0.6 is 15.9 Å². The van der Waals surface area contributed by atoms with Gasteiger partial charge in [-0.15, -0.1) is 0 Å². The van der Waals surface area contributed by atoms with Gasteiger partial charge >= 0.3 is 0 Å². The molecule has 0 unspecified atom stereocenters. The summed E-state index contributed by atoms with van der Waals surface area (Å²) in [7, 11) is 1.64. The molecule has 1 heterocycles. The van der Waals surface area contributed by atoms with Crippen molar-refractivity contribution >= 4 is 15.9 Å². The molecule has 15 heavy (non-hydrogen) atoms. The SMILES string of the molecule is COc1ccc(Br)cc1-c1coc(C)n1. The van der Waals surface area contributed by atoms with Crippen molar-refractivity contribution < 1.29 is 9.15 Å². The summed E-state index contributed by atoms with van der Waals surface area (Å²) in [6, 6.07) is 5.77. The predicted molar refractivity (Wildman–Crippen MR) is 60.9 cm³/mol. The molecule has 2 aromatic rings. The summed E-state index contributed by atoms with van der Waals surface area (Å²) in [6.07, 6.45) is 1.62. The second kappa shape index (κ2) is 4.06. The van der Waals surface area contributed by atoms with Crippen molar-refractivity contribution in [1.82, 2.24) is 4.98 Å². The van der Waals surface area contributed by atoms with Crippen molar-refractivity contribution in [3.8, 4) is 17.0 Å². The Labute approximate surface area is 96.2 Å². The lowest BCUT2D eigenvalue weighted by Gasteiger charge is -2.05. The van der Waals surface area contributed by atoms with Crippen LogP contribution in [0.15, 0.2) is 33.4 Å². The average molecular weight is 268 g/mol. The van der Waals surface area contributed by atoms with Gasteiger partial charge in [-0.25, -0.2) is 4.98 Å². The summed E-state index contributed by atoms with van der Waals surface area (Å²) in [5.74, 6) is 1.43. The Morgan fingerprint density at radius 3 is 2.80 bits per heavy atom. The molecular formula is C11H10BrNO2. The Morgan fingerprint density at radius 1 is 1.40 bits per heavy atom. The molecular weight excluding hydrogens is 258 g/mol. The topological polar surface area (TPSA) is 35.3 Å². The van der Waals surface area contributed by atoms with E-state index in [0.29, 0.717) is 5.89 Å². The molecule has 0 bridgehead atoms. The standard InChI is InChI=1S/C11H10BrNO2/c1-7-13-10(6-15-7)9-5-8(12)3-4-11(9)14-2/h3-6H,1-2H3. The highest BCUT2D eigenvalue weighted by Crippen LogP contribution is 2.31. The van der Waals surface area contributed by atoms with E-state index in [4.69, 9.17) is 9.15 Å². The van der Waals surface area contributed by atoms with Crippen LogP contribution in [0.4, 0.5) is 0 Å². The molecule has 0 radical (unpaired) electrons. The van der Waals surface area contributed by atoms with E-state index in [-0.39, 0.29) is 0 Å². The Bertz CT molecular complexity index is 479. The van der Waals surface area contributed by atoms with Crippen molar-refractivity contribution in [2.24, 2.45) is 0 Å². The molecule has 0 aliphatic rings. The molecule has 3 nitrogen and oxygen atoms in total. The van der Waals surface area contributed by atoms with E-state index in [1.54, 1.807) is 13.4 Å². The van der Waals surface area contributed by atoms with Crippen molar-refractivity contribution in [1.29, 1.82) is 0 Å². The van der Waals surface area contributed by atoms with E-state index in [9.17, 15) is 0 Å². The van der Waals surface area contributed by atoms with Gasteiger partial charge in [-0.1, -0.05) is 15.9 Å². The molecule has 0 spiro atoms. The van der Waals surface area contributed by atoms with Crippen molar-refractivity contribution in [3.63, 3.8) is 0 Å². The Hall–Kier alpha value is -1.29. The van der Waals surface area contributed by atoms with Gasteiger partial charge in [-0.3, -0.25) is 0 Å². The highest BCUT2D eigenvalue weighted by atomic mass is 79.9. The first-order valence-corrected chi connectivity index (χ1v) is 5.26. The van der Waals surface area contributed by atoms with Crippen LogP contribution in [-0.2, 0) is 0 Å². The fourth-order valence-electron chi connectivity index (χ4n) is 1.37. The van der Waals surface area contributed by atoms with Crippen LogP contribution < -0.4 is 4.74 Å². The van der Waals surface area contributed by atoms with Gasteiger partial charge < -0.3 is 9.15 Å². The lowest BCUT2D eigenvalue weighted by molar-refractivity contribution is 0.416. The van der Waals surface area contributed by atoms with Gasteiger partial charge in [-0.2, -0.15) is 0 Å². The van der Waals surface area contributed by atoms with Crippen molar-refractivity contribution in [3.05, 3.63) is 34.8 Å². The van der Waals surface area contributed by atoms with Gasteiger partial charge in [0.2, 0.25) is 0 Å². The number of aryl methyl sites for hydroxylation is 1. The maximum absolute atomic E-state index is 5.26. The van der Waals surface area contributed by atoms with Gasteiger partial charge in [0.25, 0.3) is 0 Å². The molecule has 0 atom stereocenters. The summed E-state index contributed by atoms with van der Waals surface area (Å²) in [5, 5.41) is 0. The minimum Gasteiger partial charge on any atom is -0.496 e. The maximum atomic E-state index is 5.26. The fourth-order valence-corrected chi connectivity index (χ4v) is 1.73. The molecule has 2 rings (SSSR count). The minimum absolute atomic E-state index is 0.645. The van der Waals surface area contributed by atoms with Gasteiger partial charge in [0, 0.05) is 17.0 Å². The van der Waals surface area contributed by atoms with E-state index in [2.05, 4.69) is 20.9 Å². The number of halogens is 1. The molecule has 0 amide bonds. The zero-order valence-corrected chi connectivity index (χ0v) is 10.0. The number of benzene rings is 1. The highest BCUT2D eigenvalue weighted by molar-refractivity contribution is 9.10. The molecule has 0 saturated carbocycles. The third kappa shape index (κ3) is 2.04. The lowest BCUT2D eigenvalue weighted by Crippen LogP contribution is -1.88. The van der Waals surface area contributed by atoms with Crippen LogP contribution in [-0.4, -0.2) is 12.1 Å². The largest absolute Gasteiger partial charge is 0.496 e. The first-order valence-electron chi connectivity index (χ1n) is 4.47. The average Bonchev–Trinajstić information content (AvgIpc) is 2.65. The van der Waals surface area contributed by atoms with E-state index >= 15 is 0 Å². The van der Waals surface area contributed by atoms with Crippen molar-refractivity contribution in [2.45, 2.75) is 6.92 Å². The van der Waals surface area contributed by atoms with E-state index in [1.807, 2.05) is 25.1 Å². The molecule has 0 fully saturated rings. The lowest BCUT2D eigenvalue weighted by atomic mass is 10.1. The molecule has 0 aliphatic heterocycles. The fraction of sp³-hybridized carbons (Fsp3) is 0.182. The van der Waals surface area contributed by atoms with Gasteiger partial charge in [-0.05, 0) is 18.2 Å². The zero-order chi connectivity index (χ0) is 10.8. The predicted octanol–water partition coefficient (Wildman–Crippen LogP) is 3.42. The first kappa shape index (κ1) is 10.2. The number of rotatable bonds is 2. The normalized spacial score (nSPS) is 10.3. The Morgan fingerprint density at radius 2 is 2.20 bits per heavy atom. The van der Waals surface area contributed by atoms with Crippen molar-refractivity contribution in [2.75, 3.05) is 7.11 Å². The Balaban J connectivity index is 2.55. The molecule has 4 heteroatoms. The summed E-state index contributed by atoms with van der Waals surface area (Å²) < 4.78 is 11.4. The van der Waals surface area contributed by atoms with Crippen LogP contribution in [0, 0.1) is 6.92 Å². The molecule has 0 N–H and O–H groups in total. The van der Waals surface area contributed by atoms with Crippen LogP contribution in [0.2, 0.25) is 0 Å². The number of ether oxygens (including phenoxy) is 1. The van der Waals surface area contributed by atoms with Gasteiger partial charge in [0.05, 0.1) is 7.11 Å². The molecule has 0 saturated heterocycles. The second-order valence-corrected chi connectivity index (χ2v) is 4.01. The monoisotopic (exact) mass is 267 g/mol. The third-order valence-electron chi connectivity index (χ3n) is 2.06.